The molecule has 24 heavy (non-hydrogen) atoms. The van der Waals surface area contributed by atoms with Gasteiger partial charge in [0.15, 0.2) is 0 Å². The molecule has 1 amide bonds. The summed E-state index contributed by atoms with van der Waals surface area (Å²) in [6, 6.07) is 7.29. The van der Waals surface area contributed by atoms with E-state index >= 15 is 0 Å². The van der Waals surface area contributed by atoms with Crippen molar-refractivity contribution < 1.29 is 14.7 Å². The van der Waals surface area contributed by atoms with E-state index in [9.17, 15) is 14.7 Å². The molecular weight excluding hydrogens is 302 g/mol. The van der Waals surface area contributed by atoms with Gasteiger partial charge in [0.1, 0.15) is 0 Å². The Hall–Kier alpha value is -1.84. The number of aliphatic carboxylic acids is 1. The molecule has 0 saturated heterocycles. The molecule has 1 atom stereocenters. The summed E-state index contributed by atoms with van der Waals surface area (Å²) < 4.78 is 0. The van der Waals surface area contributed by atoms with Crippen LogP contribution in [-0.2, 0) is 9.59 Å². The first kappa shape index (κ1) is 15.7. The van der Waals surface area contributed by atoms with E-state index in [1.807, 2.05) is 12.1 Å². The van der Waals surface area contributed by atoms with Gasteiger partial charge in [0.2, 0.25) is 5.91 Å². The summed E-state index contributed by atoms with van der Waals surface area (Å²) in [4.78, 5) is 24.2. The predicted octanol–water partition coefficient (Wildman–Crippen LogP) is 4.03. The van der Waals surface area contributed by atoms with E-state index in [1.165, 1.54) is 19.3 Å². The SMILES string of the molecule is CC(C(=O)O)c1cccc(NC(=O)C23CC4CC(CC(C4)C2)C3)c1. The zero-order valence-electron chi connectivity index (χ0n) is 14.1. The maximum Gasteiger partial charge on any atom is 0.310 e. The van der Waals surface area contributed by atoms with Gasteiger partial charge in [-0.25, -0.2) is 0 Å². The van der Waals surface area contributed by atoms with Gasteiger partial charge in [-0.1, -0.05) is 12.1 Å². The van der Waals surface area contributed by atoms with E-state index in [-0.39, 0.29) is 11.3 Å². The van der Waals surface area contributed by atoms with E-state index in [1.54, 1.807) is 19.1 Å². The molecule has 128 valence electrons. The van der Waals surface area contributed by atoms with Crippen molar-refractivity contribution in [2.24, 2.45) is 23.2 Å². The largest absolute Gasteiger partial charge is 0.481 e. The number of nitrogens with one attached hydrogen (secondary N) is 1. The molecule has 0 aromatic heterocycles. The number of carbonyl (C=O) groups is 2. The first-order valence-electron chi connectivity index (χ1n) is 9.09. The lowest BCUT2D eigenvalue weighted by atomic mass is 9.49. The molecule has 4 bridgehead atoms. The summed E-state index contributed by atoms with van der Waals surface area (Å²) in [5.41, 5.74) is 1.27. The number of carbonyl (C=O) groups excluding carboxylic acids is 1. The lowest BCUT2D eigenvalue weighted by molar-refractivity contribution is -0.140. The van der Waals surface area contributed by atoms with Crippen molar-refractivity contribution in [3.8, 4) is 0 Å². The molecule has 1 unspecified atom stereocenters. The maximum absolute atomic E-state index is 13.1. The number of anilines is 1. The van der Waals surface area contributed by atoms with E-state index < -0.39 is 11.9 Å². The predicted molar refractivity (Wildman–Crippen MR) is 91.7 cm³/mol. The molecule has 0 spiro atoms. The summed E-state index contributed by atoms with van der Waals surface area (Å²) >= 11 is 0. The van der Waals surface area contributed by atoms with Crippen molar-refractivity contribution in [3.63, 3.8) is 0 Å². The Morgan fingerprint density at radius 3 is 2.25 bits per heavy atom. The number of carboxylic acid groups (broad SMARTS) is 1. The average molecular weight is 327 g/mol. The highest BCUT2D eigenvalue weighted by molar-refractivity contribution is 5.95. The molecule has 1 aromatic carbocycles. The Balaban J connectivity index is 1.52. The normalized spacial score (nSPS) is 34.8. The van der Waals surface area contributed by atoms with Gasteiger partial charge in [-0.2, -0.15) is 0 Å². The van der Waals surface area contributed by atoms with Gasteiger partial charge in [-0.05, 0) is 80.9 Å². The first-order valence-corrected chi connectivity index (χ1v) is 9.09. The van der Waals surface area contributed by atoms with Gasteiger partial charge >= 0.3 is 5.97 Å². The van der Waals surface area contributed by atoms with Crippen LogP contribution < -0.4 is 5.32 Å². The Morgan fingerprint density at radius 2 is 1.71 bits per heavy atom. The number of hydrogen-bond acceptors (Lipinski definition) is 2. The zero-order valence-corrected chi connectivity index (χ0v) is 14.1. The summed E-state index contributed by atoms with van der Waals surface area (Å²) in [7, 11) is 0. The van der Waals surface area contributed by atoms with Crippen molar-refractivity contribution in [2.75, 3.05) is 5.32 Å². The third-order valence-corrected chi connectivity index (χ3v) is 6.53. The highest BCUT2D eigenvalue weighted by Gasteiger charge is 2.54. The average Bonchev–Trinajstić information content (AvgIpc) is 2.53. The summed E-state index contributed by atoms with van der Waals surface area (Å²) in [5, 5.41) is 12.3. The summed E-state index contributed by atoms with van der Waals surface area (Å²) in [6.07, 6.45) is 7.07. The lowest BCUT2D eigenvalue weighted by Gasteiger charge is -2.55. The van der Waals surface area contributed by atoms with Gasteiger partial charge in [0, 0.05) is 5.69 Å². The molecule has 4 saturated carbocycles. The smallest absolute Gasteiger partial charge is 0.310 e. The minimum Gasteiger partial charge on any atom is -0.481 e. The molecular formula is C20H25NO3. The van der Waals surface area contributed by atoms with Crippen molar-refractivity contribution in [3.05, 3.63) is 29.8 Å². The van der Waals surface area contributed by atoms with Gasteiger partial charge in [0.05, 0.1) is 11.3 Å². The minimum absolute atomic E-state index is 0.154. The molecule has 4 nitrogen and oxygen atoms in total. The van der Waals surface area contributed by atoms with Crippen LogP contribution in [0.3, 0.4) is 0 Å². The van der Waals surface area contributed by atoms with Crippen LogP contribution in [0.4, 0.5) is 5.69 Å². The van der Waals surface area contributed by atoms with E-state index in [0.29, 0.717) is 0 Å². The van der Waals surface area contributed by atoms with Crippen LogP contribution in [0.15, 0.2) is 24.3 Å². The van der Waals surface area contributed by atoms with Crippen molar-refractivity contribution in [1.82, 2.24) is 0 Å². The van der Waals surface area contributed by atoms with Crippen molar-refractivity contribution >= 4 is 17.6 Å². The second-order valence-corrected chi connectivity index (χ2v) is 8.34. The summed E-state index contributed by atoms with van der Waals surface area (Å²) in [6.45, 7) is 1.67. The molecule has 4 heteroatoms. The van der Waals surface area contributed by atoms with Crippen LogP contribution in [0.2, 0.25) is 0 Å². The maximum atomic E-state index is 13.1. The molecule has 2 N–H and O–H groups in total. The standard InChI is InChI=1S/C20H25NO3/c1-12(18(22)23)16-3-2-4-17(8-16)21-19(24)20-9-13-5-14(10-20)7-15(6-13)11-20/h2-4,8,12-15H,5-7,9-11H2,1H3,(H,21,24)(H,22,23). The molecule has 1 aromatic rings. The highest BCUT2D eigenvalue weighted by Crippen LogP contribution is 2.60. The van der Waals surface area contributed by atoms with Crippen molar-refractivity contribution in [1.29, 1.82) is 0 Å². The number of amides is 1. The second-order valence-electron chi connectivity index (χ2n) is 8.34. The van der Waals surface area contributed by atoms with Gasteiger partial charge in [-0.15, -0.1) is 0 Å². The van der Waals surface area contributed by atoms with Crippen LogP contribution >= 0.6 is 0 Å². The van der Waals surface area contributed by atoms with Gasteiger partial charge < -0.3 is 10.4 Å². The topological polar surface area (TPSA) is 66.4 Å². The molecule has 0 radical (unpaired) electrons. The van der Waals surface area contributed by atoms with Crippen molar-refractivity contribution in [2.45, 2.75) is 51.4 Å². The fourth-order valence-corrected chi connectivity index (χ4v) is 5.68. The minimum atomic E-state index is -0.848. The van der Waals surface area contributed by atoms with E-state index in [0.717, 1.165) is 48.3 Å². The van der Waals surface area contributed by atoms with Crippen LogP contribution in [0.1, 0.15) is 56.9 Å². The molecule has 0 aliphatic heterocycles. The third kappa shape index (κ3) is 2.62. The number of benzene rings is 1. The summed E-state index contributed by atoms with van der Waals surface area (Å²) in [5.74, 6) is 0.948. The fraction of sp³-hybridized carbons (Fsp3) is 0.600. The van der Waals surface area contributed by atoms with Crippen LogP contribution in [0, 0.1) is 23.2 Å². The molecule has 0 heterocycles. The lowest BCUT2D eigenvalue weighted by Crippen LogP contribution is -2.51. The van der Waals surface area contributed by atoms with E-state index in [2.05, 4.69) is 5.32 Å². The van der Waals surface area contributed by atoms with Gasteiger partial charge in [-0.3, -0.25) is 9.59 Å². The van der Waals surface area contributed by atoms with Crippen LogP contribution in [0.25, 0.3) is 0 Å². The van der Waals surface area contributed by atoms with Crippen LogP contribution in [0.5, 0.6) is 0 Å². The molecule has 4 aliphatic carbocycles. The monoisotopic (exact) mass is 327 g/mol. The first-order chi connectivity index (χ1) is 11.4. The Morgan fingerprint density at radius 1 is 1.12 bits per heavy atom. The quantitative estimate of drug-likeness (QED) is 0.877. The molecule has 5 rings (SSSR count). The van der Waals surface area contributed by atoms with E-state index in [4.69, 9.17) is 0 Å². The van der Waals surface area contributed by atoms with Crippen LogP contribution in [-0.4, -0.2) is 17.0 Å². The number of carboxylic acids is 1. The number of rotatable bonds is 4. The Bertz CT molecular complexity index is 646. The van der Waals surface area contributed by atoms with Gasteiger partial charge in [0.25, 0.3) is 0 Å². The molecule has 4 fully saturated rings. The zero-order chi connectivity index (χ0) is 16.9. The third-order valence-electron chi connectivity index (χ3n) is 6.53. The molecule has 4 aliphatic rings. The highest BCUT2D eigenvalue weighted by atomic mass is 16.4. The number of hydrogen-bond donors (Lipinski definition) is 2. The Labute approximate surface area is 142 Å². The fourth-order valence-electron chi connectivity index (χ4n) is 5.68. The second kappa shape index (κ2) is 5.61. The Kier molecular flexibility index (Phi) is 3.66.